The van der Waals surface area contributed by atoms with Crippen molar-refractivity contribution in [3.63, 3.8) is 0 Å². The lowest BCUT2D eigenvalue weighted by atomic mass is 9.90. The summed E-state index contributed by atoms with van der Waals surface area (Å²) in [6.07, 6.45) is -8.14. The van der Waals surface area contributed by atoms with Gasteiger partial charge in [0.25, 0.3) is 0 Å². The minimum atomic E-state index is -4.63. The predicted octanol–water partition coefficient (Wildman–Crippen LogP) is 6.04. The molecule has 2 heterocycles. The van der Waals surface area contributed by atoms with E-state index in [9.17, 15) is 26.3 Å². The number of hydrogen-bond acceptors (Lipinski definition) is 2. The van der Waals surface area contributed by atoms with Crippen LogP contribution < -0.4 is 0 Å². The van der Waals surface area contributed by atoms with Crippen molar-refractivity contribution in [3.05, 3.63) is 57.7 Å². The van der Waals surface area contributed by atoms with Crippen LogP contribution in [0, 0.1) is 13.8 Å². The van der Waals surface area contributed by atoms with Crippen LogP contribution in [0.15, 0.2) is 18.3 Å². The molecule has 1 unspecified atom stereocenters. The van der Waals surface area contributed by atoms with Crippen LogP contribution in [0.25, 0.3) is 0 Å². The molecule has 0 aliphatic rings. The highest BCUT2D eigenvalue weighted by Crippen LogP contribution is 2.39. The quantitative estimate of drug-likeness (QED) is 0.595. The van der Waals surface area contributed by atoms with Gasteiger partial charge in [0.1, 0.15) is 0 Å². The zero-order valence-electron chi connectivity index (χ0n) is 15.4. The Hall–Kier alpha value is -2.12. The van der Waals surface area contributed by atoms with E-state index in [1.165, 1.54) is 26.1 Å². The third-order valence-electron chi connectivity index (χ3n) is 4.53. The summed E-state index contributed by atoms with van der Waals surface area (Å²) in [6.45, 7) is 6.11. The molecule has 0 radical (unpaired) electrons. The third-order valence-corrected chi connectivity index (χ3v) is 4.53. The molecule has 0 N–H and O–H groups in total. The lowest BCUT2D eigenvalue weighted by Crippen LogP contribution is -2.18. The highest BCUT2D eigenvalue weighted by Gasteiger charge is 2.39. The first kappa shape index (κ1) is 21.2. The monoisotopic (exact) mass is 390 g/mol. The van der Waals surface area contributed by atoms with Crippen molar-refractivity contribution < 1.29 is 26.3 Å². The molecule has 0 aliphatic heterocycles. The summed E-state index contributed by atoms with van der Waals surface area (Å²) >= 11 is 0. The first-order valence-electron chi connectivity index (χ1n) is 8.45. The summed E-state index contributed by atoms with van der Waals surface area (Å²) in [5, 5.41) is 0. The second-order valence-electron chi connectivity index (χ2n) is 6.57. The van der Waals surface area contributed by atoms with E-state index in [0.717, 1.165) is 6.07 Å². The zero-order chi connectivity index (χ0) is 20.6. The van der Waals surface area contributed by atoms with Crippen LogP contribution >= 0.6 is 0 Å². The van der Waals surface area contributed by atoms with Crippen molar-refractivity contribution in [1.82, 2.24) is 9.97 Å². The summed E-state index contributed by atoms with van der Waals surface area (Å²) in [4.78, 5) is 7.82. The molecule has 2 aromatic rings. The normalized spacial score (nSPS) is 13.7. The molecule has 8 heteroatoms. The van der Waals surface area contributed by atoms with Gasteiger partial charge in [0.15, 0.2) is 0 Å². The van der Waals surface area contributed by atoms with Crippen LogP contribution in [0.5, 0.6) is 0 Å². The van der Waals surface area contributed by atoms with Gasteiger partial charge < -0.3 is 0 Å². The number of alkyl halides is 6. The molecule has 2 nitrogen and oxygen atoms in total. The Morgan fingerprint density at radius 2 is 1.67 bits per heavy atom. The molecule has 0 fully saturated rings. The lowest BCUT2D eigenvalue weighted by Gasteiger charge is -2.21. The van der Waals surface area contributed by atoms with Crippen molar-refractivity contribution in [2.45, 2.75) is 58.8 Å². The molecule has 1 atom stereocenters. The average molecular weight is 390 g/mol. The number of pyridine rings is 2. The molecule has 0 amide bonds. The van der Waals surface area contributed by atoms with E-state index in [1.807, 2.05) is 0 Å². The number of aromatic nitrogens is 2. The Morgan fingerprint density at radius 3 is 2.19 bits per heavy atom. The van der Waals surface area contributed by atoms with Crippen molar-refractivity contribution in [1.29, 1.82) is 0 Å². The maximum absolute atomic E-state index is 13.5. The molecule has 0 aromatic carbocycles. The molecule has 0 bridgehead atoms. The molecule has 148 valence electrons. The van der Waals surface area contributed by atoms with Gasteiger partial charge in [-0.15, -0.1) is 0 Å². The Kier molecular flexibility index (Phi) is 5.87. The Morgan fingerprint density at radius 1 is 1.04 bits per heavy atom. The topological polar surface area (TPSA) is 25.8 Å². The van der Waals surface area contributed by atoms with E-state index in [0.29, 0.717) is 11.3 Å². The number of hydrogen-bond donors (Lipinski definition) is 0. The highest BCUT2D eigenvalue weighted by atomic mass is 19.4. The Labute approximate surface area is 153 Å². The second kappa shape index (κ2) is 7.48. The van der Waals surface area contributed by atoms with Crippen LogP contribution in [0.4, 0.5) is 26.3 Å². The van der Waals surface area contributed by atoms with Crippen molar-refractivity contribution in [3.8, 4) is 0 Å². The van der Waals surface area contributed by atoms with Gasteiger partial charge in [0.2, 0.25) is 0 Å². The molecule has 2 aromatic heterocycles. The summed E-state index contributed by atoms with van der Waals surface area (Å²) < 4.78 is 80.7. The zero-order valence-corrected chi connectivity index (χ0v) is 15.4. The molecular formula is C19H20F6N2. The molecule has 27 heavy (non-hydrogen) atoms. The molecule has 0 saturated carbocycles. The standard InChI is InChI=1S/C19H20F6N2/c1-5-15-16(19(23,24)25)13(6-7-26-15)8-11(3)17-14(18(20,21)22)9-10(2)12(4)27-17/h6-7,9,11H,5,8H2,1-4H3. The van der Waals surface area contributed by atoms with Gasteiger partial charge in [-0.3, -0.25) is 9.97 Å². The van der Waals surface area contributed by atoms with E-state index in [4.69, 9.17) is 0 Å². The van der Waals surface area contributed by atoms with E-state index >= 15 is 0 Å². The van der Waals surface area contributed by atoms with Crippen molar-refractivity contribution >= 4 is 0 Å². The summed E-state index contributed by atoms with van der Waals surface area (Å²) in [5.41, 5.74) is -1.40. The molecular weight excluding hydrogens is 370 g/mol. The van der Waals surface area contributed by atoms with Gasteiger partial charge in [-0.1, -0.05) is 13.8 Å². The largest absolute Gasteiger partial charge is 0.418 e. The number of nitrogens with zero attached hydrogens (tertiary/aromatic N) is 2. The van der Waals surface area contributed by atoms with Gasteiger partial charge >= 0.3 is 12.4 Å². The van der Waals surface area contributed by atoms with Crippen molar-refractivity contribution in [2.75, 3.05) is 0 Å². The molecule has 0 spiro atoms. The maximum atomic E-state index is 13.5. The van der Waals surface area contributed by atoms with Crippen LogP contribution in [-0.2, 0) is 25.2 Å². The van der Waals surface area contributed by atoms with E-state index in [-0.39, 0.29) is 29.8 Å². The fourth-order valence-corrected chi connectivity index (χ4v) is 3.09. The second-order valence-corrected chi connectivity index (χ2v) is 6.57. The van der Waals surface area contributed by atoms with Gasteiger partial charge in [0, 0.05) is 17.8 Å². The minimum Gasteiger partial charge on any atom is -0.261 e. The highest BCUT2D eigenvalue weighted by molar-refractivity contribution is 5.37. The third kappa shape index (κ3) is 4.59. The maximum Gasteiger partial charge on any atom is 0.418 e. The first-order valence-corrected chi connectivity index (χ1v) is 8.45. The van der Waals surface area contributed by atoms with Crippen LogP contribution in [0.3, 0.4) is 0 Å². The molecule has 2 rings (SSSR count). The summed E-state index contributed by atoms with van der Waals surface area (Å²) in [7, 11) is 0. The SMILES string of the molecule is CCc1nccc(CC(C)c2nc(C)c(C)cc2C(F)(F)F)c1C(F)(F)F. The number of rotatable bonds is 4. The fraction of sp³-hybridized carbons (Fsp3) is 0.474. The van der Waals surface area contributed by atoms with Crippen molar-refractivity contribution in [2.24, 2.45) is 0 Å². The van der Waals surface area contributed by atoms with Gasteiger partial charge in [-0.05, 0) is 49.9 Å². The lowest BCUT2D eigenvalue weighted by molar-refractivity contribution is -0.140. The van der Waals surface area contributed by atoms with E-state index < -0.39 is 29.4 Å². The van der Waals surface area contributed by atoms with Gasteiger partial charge in [-0.25, -0.2) is 0 Å². The average Bonchev–Trinajstić information content (AvgIpc) is 2.54. The summed E-state index contributed by atoms with van der Waals surface area (Å²) in [5.74, 6) is -0.853. The fourth-order valence-electron chi connectivity index (χ4n) is 3.09. The Bertz CT molecular complexity index is 824. The van der Waals surface area contributed by atoms with Crippen LogP contribution in [0.2, 0.25) is 0 Å². The number of halogens is 6. The van der Waals surface area contributed by atoms with Gasteiger partial charge in [0.05, 0.1) is 22.5 Å². The molecule has 0 saturated heterocycles. The van der Waals surface area contributed by atoms with Crippen LogP contribution in [-0.4, -0.2) is 9.97 Å². The van der Waals surface area contributed by atoms with Gasteiger partial charge in [-0.2, -0.15) is 26.3 Å². The number of aryl methyl sites for hydroxylation is 3. The smallest absolute Gasteiger partial charge is 0.261 e. The first-order chi connectivity index (χ1) is 12.4. The van der Waals surface area contributed by atoms with E-state index in [1.54, 1.807) is 13.8 Å². The summed E-state index contributed by atoms with van der Waals surface area (Å²) in [6, 6.07) is 2.22. The Balaban J connectivity index is 2.54. The van der Waals surface area contributed by atoms with E-state index in [2.05, 4.69) is 9.97 Å². The minimum absolute atomic E-state index is 0.0741. The molecule has 0 aliphatic carbocycles. The predicted molar refractivity (Wildman–Crippen MR) is 89.4 cm³/mol. The van der Waals surface area contributed by atoms with Crippen LogP contribution in [0.1, 0.15) is 59.1 Å².